The van der Waals surface area contributed by atoms with E-state index in [0.29, 0.717) is 11.3 Å². The molecule has 0 radical (unpaired) electrons. The van der Waals surface area contributed by atoms with Crippen molar-refractivity contribution in [2.75, 3.05) is 0 Å². The standard InChI is InChI=1S/C20H18N2O2/c1-20(2,3)19(23)24-18-12-22-17-9-8-15(10-16(17)18)14-6-4-13(11-21)5-7-14/h4-10,12,22H,1-3H3. The summed E-state index contributed by atoms with van der Waals surface area (Å²) in [6.07, 6.45) is 1.71. The van der Waals surface area contributed by atoms with Crippen molar-refractivity contribution in [1.82, 2.24) is 4.98 Å². The molecule has 1 N–H and O–H groups in total. The minimum absolute atomic E-state index is 0.271. The number of nitrogens with one attached hydrogen (secondary N) is 1. The highest BCUT2D eigenvalue weighted by Gasteiger charge is 2.24. The third-order valence-electron chi connectivity index (χ3n) is 3.81. The smallest absolute Gasteiger partial charge is 0.316 e. The van der Waals surface area contributed by atoms with E-state index in [9.17, 15) is 4.79 Å². The minimum atomic E-state index is -0.561. The molecule has 0 saturated carbocycles. The van der Waals surface area contributed by atoms with E-state index < -0.39 is 5.41 Å². The van der Waals surface area contributed by atoms with Gasteiger partial charge < -0.3 is 9.72 Å². The van der Waals surface area contributed by atoms with Gasteiger partial charge in [0.05, 0.1) is 17.0 Å². The van der Waals surface area contributed by atoms with Crippen LogP contribution in [-0.2, 0) is 4.79 Å². The monoisotopic (exact) mass is 318 g/mol. The number of hydrogen-bond donors (Lipinski definition) is 1. The second-order valence-electron chi connectivity index (χ2n) is 6.74. The lowest BCUT2D eigenvalue weighted by Gasteiger charge is -2.15. The molecule has 0 unspecified atom stereocenters. The average Bonchev–Trinajstić information content (AvgIpc) is 2.96. The molecule has 0 aliphatic rings. The van der Waals surface area contributed by atoms with Crippen molar-refractivity contribution in [3.8, 4) is 22.9 Å². The summed E-state index contributed by atoms with van der Waals surface area (Å²) in [6, 6.07) is 15.4. The second-order valence-corrected chi connectivity index (χ2v) is 6.74. The lowest BCUT2D eigenvalue weighted by atomic mass is 9.97. The highest BCUT2D eigenvalue weighted by molar-refractivity contribution is 5.92. The Labute approximate surface area is 140 Å². The van der Waals surface area contributed by atoms with Crippen LogP contribution in [0.1, 0.15) is 26.3 Å². The lowest BCUT2D eigenvalue weighted by Crippen LogP contribution is -2.25. The number of carbonyl (C=O) groups is 1. The number of hydrogen-bond acceptors (Lipinski definition) is 3. The molecule has 4 nitrogen and oxygen atoms in total. The molecule has 1 aromatic heterocycles. The van der Waals surface area contributed by atoms with Crippen LogP contribution < -0.4 is 4.74 Å². The number of fused-ring (bicyclic) bond motifs is 1. The van der Waals surface area contributed by atoms with Gasteiger partial charge in [-0.05, 0) is 56.2 Å². The number of rotatable bonds is 2. The molecular formula is C20H18N2O2. The molecule has 2 aromatic carbocycles. The Morgan fingerprint density at radius 1 is 1.08 bits per heavy atom. The van der Waals surface area contributed by atoms with Gasteiger partial charge in [0.15, 0.2) is 5.75 Å². The summed E-state index contributed by atoms with van der Waals surface area (Å²) < 4.78 is 5.55. The van der Waals surface area contributed by atoms with Gasteiger partial charge in [-0.25, -0.2) is 0 Å². The minimum Gasteiger partial charge on any atom is -0.424 e. The van der Waals surface area contributed by atoms with Gasteiger partial charge in [0.2, 0.25) is 0 Å². The molecule has 3 rings (SSSR count). The van der Waals surface area contributed by atoms with Crippen LogP contribution in [0.3, 0.4) is 0 Å². The fourth-order valence-corrected chi connectivity index (χ4v) is 2.35. The zero-order valence-corrected chi connectivity index (χ0v) is 13.9. The molecule has 0 atom stereocenters. The van der Waals surface area contributed by atoms with Crippen LogP contribution in [0.15, 0.2) is 48.7 Å². The average molecular weight is 318 g/mol. The molecule has 0 fully saturated rings. The Morgan fingerprint density at radius 2 is 1.75 bits per heavy atom. The third kappa shape index (κ3) is 3.02. The molecule has 1 heterocycles. The van der Waals surface area contributed by atoms with Crippen LogP contribution in [0, 0.1) is 16.7 Å². The van der Waals surface area contributed by atoms with Crippen LogP contribution >= 0.6 is 0 Å². The normalized spacial score (nSPS) is 11.2. The fraction of sp³-hybridized carbons (Fsp3) is 0.200. The van der Waals surface area contributed by atoms with Crippen molar-refractivity contribution >= 4 is 16.9 Å². The number of benzene rings is 2. The molecule has 120 valence electrons. The molecule has 3 aromatic rings. The van der Waals surface area contributed by atoms with E-state index in [1.807, 2.05) is 51.1 Å². The number of H-pyrrole nitrogens is 1. The van der Waals surface area contributed by atoms with E-state index in [-0.39, 0.29) is 5.97 Å². The molecule has 0 amide bonds. The van der Waals surface area contributed by atoms with Gasteiger partial charge in [0, 0.05) is 17.1 Å². The maximum absolute atomic E-state index is 12.1. The summed E-state index contributed by atoms with van der Waals surface area (Å²) in [7, 11) is 0. The number of nitriles is 1. The Balaban J connectivity index is 1.99. The van der Waals surface area contributed by atoms with E-state index in [1.54, 1.807) is 18.3 Å². The number of aromatic nitrogens is 1. The predicted molar refractivity (Wildman–Crippen MR) is 93.5 cm³/mol. The van der Waals surface area contributed by atoms with Crippen LogP contribution in [0.4, 0.5) is 0 Å². The van der Waals surface area contributed by atoms with E-state index in [2.05, 4.69) is 11.1 Å². The van der Waals surface area contributed by atoms with Crippen LogP contribution in [0.5, 0.6) is 5.75 Å². The van der Waals surface area contributed by atoms with E-state index in [0.717, 1.165) is 22.0 Å². The van der Waals surface area contributed by atoms with Crippen molar-refractivity contribution in [1.29, 1.82) is 5.26 Å². The summed E-state index contributed by atoms with van der Waals surface area (Å²) in [5.74, 6) is 0.257. The van der Waals surface area contributed by atoms with Crippen molar-refractivity contribution in [3.05, 3.63) is 54.2 Å². The van der Waals surface area contributed by atoms with Crippen molar-refractivity contribution in [2.24, 2.45) is 5.41 Å². The molecule has 0 aliphatic heterocycles. The zero-order chi connectivity index (χ0) is 17.3. The first-order chi connectivity index (χ1) is 11.4. The van der Waals surface area contributed by atoms with Crippen molar-refractivity contribution < 1.29 is 9.53 Å². The number of esters is 1. The first-order valence-electron chi connectivity index (χ1n) is 7.72. The highest BCUT2D eigenvalue weighted by Crippen LogP contribution is 2.31. The van der Waals surface area contributed by atoms with Gasteiger partial charge in [0.1, 0.15) is 0 Å². The molecule has 0 saturated heterocycles. The largest absolute Gasteiger partial charge is 0.424 e. The van der Waals surface area contributed by atoms with Gasteiger partial charge in [-0.2, -0.15) is 5.26 Å². The van der Waals surface area contributed by atoms with Gasteiger partial charge in [-0.15, -0.1) is 0 Å². The number of aromatic amines is 1. The molecular weight excluding hydrogens is 300 g/mol. The van der Waals surface area contributed by atoms with Crippen molar-refractivity contribution in [2.45, 2.75) is 20.8 Å². The molecule has 0 aliphatic carbocycles. The van der Waals surface area contributed by atoms with Gasteiger partial charge in [0.25, 0.3) is 0 Å². The van der Waals surface area contributed by atoms with Crippen LogP contribution in [0.25, 0.3) is 22.0 Å². The summed E-state index contributed by atoms with van der Waals surface area (Å²) in [6.45, 7) is 5.48. The molecule has 0 bridgehead atoms. The number of nitrogens with zero attached hydrogens (tertiary/aromatic N) is 1. The van der Waals surface area contributed by atoms with Crippen LogP contribution in [0.2, 0.25) is 0 Å². The van der Waals surface area contributed by atoms with Crippen LogP contribution in [-0.4, -0.2) is 11.0 Å². The maximum Gasteiger partial charge on any atom is 0.316 e. The Kier molecular flexibility index (Phi) is 3.86. The Hall–Kier alpha value is -3.06. The number of ether oxygens (including phenoxy) is 1. The molecule has 4 heteroatoms. The topological polar surface area (TPSA) is 65.9 Å². The predicted octanol–water partition coefficient (Wildman–Crippen LogP) is 4.66. The van der Waals surface area contributed by atoms with Gasteiger partial charge in [-0.1, -0.05) is 18.2 Å². The first-order valence-corrected chi connectivity index (χ1v) is 7.72. The van der Waals surface area contributed by atoms with E-state index in [1.165, 1.54) is 0 Å². The zero-order valence-electron chi connectivity index (χ0n) is 13.9. The summed E-state index contributed by atoms with van der Waals surface area (Å²) in [5.41, 5.74) is 2.98. The molecule has 24 heavy (non-hydrogen) atoms. The summed E-state index contributed by atoms with van der Waals surface area (Å²) in [5, 5.41) is 9.75. The van der Waals surface area contributed by atoms with E-state index >= 15 is 0 Å². The summed E-state index contributed by atoms with van der Waals surface area (Å²) in [4.78, 5) is 15.3. The Bertz CT molecular complexity index is 938. The lowest BCUT2D eigenvalue weighted by molar-refractivity contribution is -0.142. The van der Waals surface area contributed by atoms with Crippen molar-refractivity contribution in [3.63, 3.8) is 0 Å². The second kappa shape index (κ2) is 5.86. The SMILES string of the molecule is CC(C)(C)C(=O)Oc1c[nH]c2ccc(-c3ccc(C#N)cc3)cc12. The Morgan fingerprint density at radius 3 is 2.38 bits per heavy atom. The molecule has 0 spiro atoms. The first kappa shape index (κ1) is 15.8. The maximum atomic E-state index is 12.1. The number of carbonyl (C=O) groups excluding carboxylic acids is 1. The summed E-state index contributed by atoms with van der Waals surface area (Å²) >= 11 is 0. The van der Waals surface area contributed by atoms with E-state index in [4.69, 9.17) is 10.00 Å². The highest BCUT2D eigenvalue weighted by atomic mass is 16.5. The third-order valence-corrected chi connectivity index (χ3v) is 3.81. The quantitative estimate of drug-likeness (QED) is 0.699. The van der Waals surface area contributed by atoms with Gasteiger partial charge in [-0.3, -0.25) is 4.79 Å². The van der Waals surface area contributed by atoms with Gasteiger partial charge >= 0.3 is 5.97 Å². The fourth-order valence-electron chi connectivity index (χ4n) is 2.35.